The maximum Gasteiger partial charge on any atom is 0.119 e. The molecule has 1 aromatic rings. The fourth-order valence-corrected chi connectivity index (χ4v) is 2.08. The summed E-state index contributed by atoms with van der Waals surface area (Å²) in [5.41, 5.74) is 2.39. The number of aryl methyl sites for hydroxylation is 1. The van der Waals surface area contributed by atoms with Gasteiger partial charge in [0.2, 0.25) is 0 Å². The van der Waals surface area contributed by atoms with E-state index < -0.39 is 0 Å². The first kappa shape index (κ1) is 17.0. The molecule has 1 rings (SSSR count). The van der Waals surface area contributed by atoms with Gasteiger partial charge in [-0.25, -0.2) is 0 Å². The minimum absolute atomic E-state index is 0.119. The molecule has 0 saturated carbocycles. The topological polar surface area (TPSA) is 30.5 Å². The van der Waals surface area contributed by atoms with Crippen LogP contribution in [0.1, 0.15) is 51.3 Å². The second-order valence-electron chi connectivity index (χ2n) is 6.15. The smallest absolute Gasteiger partial charge is 0.119 e. The first-order valence-electron chi connectivity index (χ1n) is 7.39. The van der Waals surface area contributed by atoms with Gasteiger partial charge in [-0.15, -0.1) is 0 Å². The summed E-state index contributed by atoms with van der Waals surface area (Å²) < 4.78 is 11.2. The van der Waals surface area contributed by atoms with Gasteiger partial charge in [0.05, 0.1) is 25.4 Å². The van der Waals surface area contributed by atoms with Crippen LogP contribution in [0.2, 0.25) is 0 Å². The Bertz CT molecular complexity index is 410. The van der Waals surface area contributed by atoms with Crippen molar-refractivity contribution in [1.82, 2.24) is 5.32 Å². The number of nitrogens with one attached hydrogen (secondary N) is 1. The van der Waals surface area contributed by atoms with Crippen LogP contribution < -0.4 is 10.1 Å². The van der Waals surface area contributed by atoms with Crippen molar-refractivity contribution in [1.29, 1.82) is 0 Å². The van der Waals surface area contributed by atoms with E-state index in [1.807, 2.05) is 6.07 Å². The van der Waals surface area contributed by atoms with Gasteiger partial charge in [-0.1, -0.05) is 13.0 Å². The third-order valence-corrected chi connectivity index (χ3v) is 3.18. The summed E-state index contributed by atoms with van der Waals surface area (Å²) in [6, 6.07) is 6.45. The Morgan fingerprint density at radius 1 is 1.25 bits per heavy atom. The lowest BCUT2D eigenvalue weighted by molar-refractivity contribution is -0.0148. The summed E-state index contributed by atoms with van der Waals surface area (Å²) >= 11 is 0. The van der Waals surface area contributed by atoms with Gasteiger partial charge in [0.25, 0.3) is 0 Å². The molecule has 0 aromatic heterocycles. The lowest BCUT2D eigenvalue weighted by Crippen LogP contribution is -2.31. The molecule has 3 nitrogen and oxygen atoms in total. The van der Waals surface area contributed by atoms with Crippen molar-refractivity contribution in [2.24, 2.45) is 0 Å². The molecule has 0 spiro atoms. The molecule has 0 saturated heterocycles. The predicted molar refractivity (Wildman–Crippen MR) is 84.5 cm³/mol. The minimum atomic E-state index is -0.119. The Kier molecular flexibility index (Phi) is 6.50. The second kappa shape index (κ2) is 7.65. The highest BCUT2D eigenvalue weighted by atomic mass is 16.5. The molecular formula is C17H29NO2. The summed E-state index contributed by atoms with van der Waals surface area (Å²) in [5, 5.41) is 3.57. The van der Waals surface area contributed by atoms with Crippen molar-refractivity contribution < 1.29 is 9.47 Å². The van der Waals surface area contributed by atoms with Crippen LogP contribution in [0.4, 0.5) is 0 Å². The molecule has 0 amide bonds. The van der Waals surface area contributed by atoms with Crippen LogP contribution in [0.15, 0.2) is 18.2 Å². The number of ether oxygens (including phenoxy) is 2. The van der Waals surface area contributed by atoms with E-state index in [1.165, 1.54) is 11.1 Å². The highest BCUT2D eigenvalue weighted by Gasteiger charge is 2.18. The van der Waals surface area contributed by atoms with Crippen LogP contribution in [0, 0.1) is 6.92 Å². The average molecular weight is 279 g/mol. The van der Waals surface area contributed by atoms with Crippen molar-refractivity contribution in [3.63, 3.8) is 0 Å². The van der Waals surface area contributed by atoms with Gasteiger partial charge in [-0.3, -0.25) is 0 Å². The molecule has 1 aromatic carbocycles. The molecule has 0 radical (unpaired) electrons. The van der Waals surface area contributed by atoms with Gasteiger partial charge < -0.3 is 14.8 Å². The zero-order valence-electron chi connectivity index (χ0n) is 13.7. The zero-order chi connectivity index (χ0) is 15.2. The molecule has 0 heterocycles. The SMILES string of the molecule is CCCNC(COC(C)(C)C)c1ccc(OC)cc1C. The van der Waals surface area contributed by atoms with Crippen molar-refractivity contribution in [2.75, 3.05) is 20.3 Å². The molecule has 0 aliphatic heterocycles. The van der Waals surface area contributed by atoms with Gasteiger partial charge in [0.1, 0.15) is 5.75 Å². The molecule has 1 N–H and O–H groups in total. The Labute approximate surface area is 123 Å². The number of hydrogen-bond acceptors (Lipinski definition) is 3. The van der Waals surface area contributed by atoms with Crippen LogP contribution in [-0.2, 0) is 4.74 Å². The first-order chi connectivity index (χ1) is 9.37. The number of methoxy groups -OCH3 is 1. The molecule has 20 heavy (non-hydrogen) atoms. The summed E-state index contributed by atoms with van der Waals surface area (Å²) in [4.78, 5) is 0. The van der Waals surface area contributed by atoms with E-state index in [0.717, 1.165) is 18.7 Å². The summed E-state index contributed by atoms with van der Waals surface area (Å²) in [6.45, 7) is 12.2. The third-order valence-electron chi connectivity index (χ3n) is 3.18. The van der Waals surface area contributed by atoms with Crippen LogP contribution in [-0.4, -0.2) is 25.9 Å². The van der Waals surface area contributed by atoms with E-state index in [1.54, 1.807) is 7.11 Å². The van der Waals surface area contributed by atoms with Crippen molar-refractivity contribution in [3.8, 4) is 5.75 Å². The van der Waals surface area contributed by atoms with Crippen molar-refractivity contribution in [3.05, 3.63) is 29.3 Å². The Morgan fingerprint density at radius 2 is 1.95 bits per heavy atom. The quantitative estimate of drug-likeness (QED) is 0.822. The standard InChI is InChI=1S/C17H29NO2/c1-7-10-18-16(12-20-17(3,4)5)15-9-8-14(19-6)11-13(15)2/h8-9,11,16,18H,7,10,12H2,1-6H3. The highest BCUT2D eigenvalue weighted by Crippen LogP contribution is 2.24. The molecule has 0 aliphatic rings. The van der Waals surface area contributed by atoms with Gasteiger partial charge in [-0.2, -0.15) is 0 Å². The molecule has 3 heteroatoms. The van der Waals surface area contributed by atoms with E-state index in [-0.39, 0.29) is 11.6 Å². The molecule has 0 aliphatic carbocycles. The Hall–Kier alpha value is -1.06. The molecule has 1 atom stereocenters. The summed E-state index contributed by atoms with van der Waals surface area (Å²) in [6.07, 6.45) is 1.11. The third kappa shape index (κ3) is 5.51. The molecule has 1 unspecified atom stereocenters. The normalized spacial score (nSPS) is 13.3. The number of rotatable bonds is 7. The minimum Gasteiger partial charge on any atom is -0.497 e. The van der Waals surface area contributed by atoms with Crippen LogP contribution in [0.5, 0.6) is 5.75 Å². The van der Waals surface area contributed by atoms with E-state index in [4.69, 9.17) is 9.47 Å². The Balaban J connectivity index is 2.86. The van der Waals surface area contributed by atoms with Gasteiger partial charge in [0.15, 0.2) is 0 Å². The van der Waals surface area contributed by atoms with E-state index in [9.17, 15) is 0 Å². The van der Waals surface area contributed by atoms with E-state index in [0.29, 0.717) is 6.61 Å². The number of hydrogen-bond donors (Lipinski definition) is 1. The van der Waals surface area contributed by atoms with Crippen molar-refractivity contribution in [2.45, 2.75) is 52.7 Å². The predicted octanol–water partition coefficient (Wildman–Crippen LogP) is 3.86. The fraction of sp³-hybridized carbons (Fsp3) is 0.647. The van der Waals surface area contributed by atoms with Crippen LogP contribution >= 0.6 is 0 Å². The maximum atomic E-state index is 5.96. The van der Waals surface area contributed by atoms with Crippen LogP contribution in [0.25, 0.3) is 0 Å². The summed E-state index contributed by atoms with van der Waals surface area (Å²) in [7, 11) is 1.70. The average Bonchev–Trinajstić information content (AvgIpc) is 2.38. The second-order valence-corrected chi connectivity index (χ2v) is 6.15. The zero-order valence-corrected chi connectivity index (χ0v) is 13.7. The lowest BCUT2D eigenvalue weighted by Gasteiger charge is -2.26. The monoisotopic (exact) mass is 279 g/mol. The van der Waals surface area contributed by atoms with Crippen LogP contribution in [0.3, 0.4) is 0 Å². The molecule has 114 valence electrons. The van der Waals surface area contributed by atoms with Gasteiger partial charge >= 0.3 is 0 Å². The van der Waals surface area contributed by atoms with E-state index >= 15 is 0 Å². The Morgan fingerprint density at radius 3 is 2.45 bits per heavy atom. The summed E-state index contributed by atoms with van der Waals surface area (Å²) in [5.74, 6) is 0.900. The van der Waals surface area contributed by atoms with Gasteiger partial charge in [0, 0.05) is 0 Å². The largest absolute Gasteiger partial charge is 0.497 e. The van der Waals surface area contributed by atoms with E-state index in [2.05, 4.69) is 52.1 Å². The van der Waals surface area contributed by atoms with Gasteiger partial charge in [-0.05, 0) is 63.9 Å². The molecular weight excluding hydrogens is 250 g/mol. The van der Waals surface area contributed by atoms with Crippen molar-refractivity contribution >= 4 is 0 Å². The molecule has 0 fully saturated rings. The first-order valence-corrected chi connectivity index (χ1v) is 7.39. The fourth-order valence-electron chi connectivity index (χ4n) is 2.08. The maximum absolute atomic E-state index is 5.96. The highest BCUT2D eigenvalue weighted by molar-refractivity contribution is 5.36. The molecule has 0 bridgehead atoms. The number of benzene rings is 1. The lowest BCUT2D eigenvalue weighted by atomic mass is 10.0.